The zero-order chi connectivity index (χ0) is 6.85. The summed E-state index contributed by atoms with van der Waals surface area (Å²) in [6.45, 7) is 3.93. The maximum atomic E-state index is 12.3. The largest absolute Gasteiger partial charge is 0.230 e. The molecule has 1 heterocycles. The van der Waals surface area contributed by atoms with Crippen molar-refractivity contribution in [2.45, 2.75) is 26.1 Å². The number of hydrogen-bond acceptors (Lipinski definition) is 1. The van der Waals surface area contributed by atoms with Gasteiger partial charge in [0.05, 0.1) is 0 Å². The van der Waals surface area contributed by atoms with Gasteiger partial charge in [-0.15, -0.1) is 0 Å². The van der Waals surface area contributed by atoms with Crippen LogP contribution in [0.3, 0.4) is 0 Å². The molecule has 0 saturated heterocycles. The van der Waals surface area contributed by atoms with E-state index in [0.717, 1.165) is 0 Å². The molecule has 0 spiro atoms. The van der Waals surface area contributed by atoms with Gasteiger partial charge >= 0.3 is 0 Å². The monoisotopic (exact) mass is 129 g/mol. The summed E-state index contributed by atoms with van der Waals surface area (Å²) < 4.78 is 13.9. The van der Waals surface area contributed by atoms with Crippen molar-refractivity contribution in [1.29, 1.82) is 0 Å². The lowest BCUT2D eigenvalue weighted by Gasteiger charge is -1.91. The molecule has 1 rings (SSSR count). The lowest BCUT2D eigenvalue weighted by molar-refractivity contribution is -0.557. The van der Waals surface area contributed by atoms with E-state index >= 15 is 0 Å². The zero-order valence-corrected chi connectivity index (χ0v) is 5.58. The van der Waals surface area contributed by atoms with E-state index in [0.29, 0.717) is 0 Å². The summed E-state index contributed by atoms with van der Waals surface area (Å²) in [5, 5.41) is 3.79. The van der Waals surface area contributed by atoms with Crippen molar-refractivity contribution in [2.24, 2.45) is 5.10 Å². The Hall–Kier alpha value is -0.730. The first-order valence-corrected chi connectivity index (χ1v) is 3.01. The van der Waals surface area contributed by atoms with Gasteiger partial charge in [0.1, 0.15) is 6.21 Å². The molecule has 0 radical (unpaired) electrons. The van der Waals surface area contributed by atoms with Gasteiger partial charge in [0.2, 0.25) is 12.4 Å². The van der Waals surface area contributed by atoms with Gasteiger partial charge in [-0.2, -0.15) is 0 Å². The molecule has 0 bridgehead atoms. The van der Waals surface area contributed by atoms with Crippen molar-refractivity contribution in [3.63, 3.8) is 0 Å². The Labute approximate surface area is 53.7 Å². The summed E-state index contributed by atoms with van der Waals surface area (Å²) in [7, 11) is 0. The Balaban J connectivity index is 2.64. The van der Waals surface area contributed by atoms with Gasteiger partial charge in [0, 0.05) is 0 Å². The highest BCUT2D eigenvalue weighted by Gasteiger charge is 2.19. The van der Waals surface area contributed by atoms with Crippen LogP contribution < -0.4 is 0 Å². The van der Waals surface area contributed by atoms with Gasteiger partial charge in [0.25, 0.3) is 0 Å². The Morgan fingerprint density at radius 2 is 2.33 bits per heavy atom. The molecule has 0 saturated carbocycles. The van der Waals surface area contributed by atoms with E-state index in [1.807, 2.05) is 13.8 Å². The van der Waals surface area contributed by atoms with Gasteiger partial charge in [-0.1, -0.05) is 4.68 Å². The highest BCUT2D eigenvalue weighted by molar-refractivity contribution is 5.85. The van der Waals surface area contributed by atoms with E-state index in [2.05, 4.69) is 5.10 Å². The molecule has 0 aliphatic carbocycles. The summed E-state index contributed by atoms with van der Waals surface area (Å²) in [4.78, 5) is 0. The minimum atomic E-state index is -0.979. The molecule has 2 nitrogen and oxygen atoms in total. The summed E-state index contributed by atoms with van der Waals surface area (Å²) in [5.41, 5.74) is 0. The third-order valence-electron chi connectivity index (χ3n) is 1.17. The minimum Gasteiger partial charge on any atom is -0.230 e. The Morgan fingerprint density at radius 1 is 1.67 bits per heavy atom. The van der Waals surface area contributed by atoms with Crippen LogP contribution in [-0.2, 0) is 0 Å². The maximum Gasteiger partial charge on any atom is 0.220 e. The average molecular weight is 129 g/mol. The molecule has 9 heavy (non-hydrogen) atoms. The van der Waals surface area contributed by atoms with E-state index in [-0.39, 0.29) is 6.04 Å². The van der Waals surface area contributed by atoms with Crippen LogP contribution in [-0.4, -0.2) is 29.3 Å². The molecule has 0 aromatic carbocycles. The van der Waals surface area contributed by atoms with E-state index in [9.17, 15) is 4.39 Å². The van der Waals surface area contributed by atoms with Crippen LogP contribution in [0.2, 0.25) is 0 Å². The highest BCUT2D eigenvalue weighted by atomic mass is 19.1. The second kappa shape index (κ2) is 2.25. The van der Waals surface area contributed by atoms with E-state index < -0.39 is 6.17 Å². The Bertz CT molecular complexity index is 160. The predicted octanol–water partition coefficient (Wildman–Crippen LogP) is 0.816. The number of alkyl halides is 1. The first-order valence-electron chi connectivity index (χ1n) is 3.01. The van der Waals surface area contributed by atoms with E-state index in [1.54, 1.807) is 4.68 Å². The van der Waals surface area contributed by atoms with Crippen molar-refractivity contribution in [1.82, 2.24) is 0 Å². The van der Waals surface area contributed by atoms with Gasteiger partial charge in [0.15, 0.2) is 6.04 Å². The lowest BCUT2D eigenvalue weighted by Crippen LogP contribution is -2.14. The molecule has 0 N–H and O–H groups in total. The van der Waals surface area contributed by atoms with Crippen LogP contribution in [0, 0.1) is 0 Å². The van der Waals surface area contributed by atoms with Crippen LogP contribution in [0.1, 0.15) is 13.8 Å². The van der Waals surface area contributed by atoms with Gasteiger partial charge in [-0.3, -0.25) is 0 Å². The zero-order valence-electron chi connectivity index (χ0n) is 5.58. The Morgan fingerprint density at radius 3 is 2.56 bits per heavy atom. The molecule has 1 atom stereocenters. The van der Waals surface area contributed by atoms with Gasteiger partial charge in [-0.05, 0) is 18.9 Å². The van der Waals surface area contributed by atoms with Gasteiger partial charge < -0.3 is 0 Å². The number of hydrazone groups is 1. The Kier molecular flexibility index (Phi) is 1.60. The quantitative estimate of drug-likeness (QED) is 0.466. The van der Waals surface area contributed by atoms with Crippen LogP contribution in [0.5, 0.6) is 0 Å². The molecule has 1 aliphatic heterocycles. The molecule has 0 fully saturated rings. The van der Waals surface area contributed by atoms with Crippen molar-refractivity contribution in [2.75, 3.05) is 0 Å². The van der Waals surface area contributed by atoms with E-state index in [1.165, 1.54) is 12.4 Å². The molecule has 1 aliphatic rings. The standard InChI is InChI=1S/C6H10FN2/c1-5(2)9-4-6(7)3-8-9/h3-6H,1-2H3/q+1. The lowest BCUT2D eigenvalue weighted by atomic mass is 10.4. The minimum absolute atomic E-state index is 0.266. The smallest absolute Gasteiger partial charge is 0.220 e. The number of rotatable bonds is 1. The topological polar surface area (TPSA) is 15.4 Å². The first-order chi connectivity index (χ1) is 4.20. The summed E-state index contributed by atoms with van der Waals surface area (Å²) in [6, 6.07) is 0.266. The third-order valence-corrected chi connectivity index (χ3v) is 1.17. The van der Waals surface area contributed by atoms with Crippen molar-refractivity contribution in [3.05, 3.63) is 0 Å². The number of nitrogens with zero attached hydrogens (tertiary/aromatic N) is 2. The third kappa shape index (κ3) is 1.34. The predicted molar refractivity (Wildman–Crippen MR) is 34.8 cm³/mol. The second-order valence-electron chi connectivity index (χ2n) is 2.33. The molecule has 1 unspecified atom stereocenters. The van der Waals surface area contributed by atoms with Crippen LogP contribution in [0.4, 0.5) is 4.39 Å². The number of hydrogen-bond donors (Lipinski definition) is 0. The van der Waals surface area contributed by atoms with Crippen LogP contribution in [0.25, 0.3) is 0 Å². The summed E-state index contributed by atoms with van der Waals surface area (Å²) in [6.07, 6.45) is 1.78. The highest BCUT2D eigenvalue weighted by Crippen LogP contribution is 1.96. The summed E-state index contributed by atoms with van der Waals surface area (Å²) >= 11 is 0. The SMILES string of the molecule is CC(C)[N+]1=CC(F)C=N1. The van der Waals surface area contributed by atoms with E-state index in [4.69, 9.17) is 0 Å². The molecule has 50 valence electrons. The molecule has 0 amide bonds. The molecule has 3 heteroatoms. The van der Waals surface area contributed by atoms with Crippen molar-refractivity contribution in [3.8, 4) is 0 Å². The molecular formula is C6H10FN2+. The molecule has 0 aromatic heterocycles. The maximum absolute atomic E-state index is 12.3. The average Bonchev–Trinajstić information content (AvgIpc) is 2.14. The van der Waals surface area contributed by atoms with Crippen LogP contribution >= 0.6 is 0 Å². The van der Waals surface area contributed by atoms with Crippen LogP contribution in [0.15, 0.2) is 5.10 Å². The fourth-order valence-electron chi connectivity index (χ4n) is 0.669. The normalized spacial score (nSPS) is 25.3. The fraction of sp³-hybridized carbons (Fsp3) is 0.667. The first kappa shape index (κ1) is 6.39. The molecular weight excluding hydrogens is 119 g/mol. The number of halogens is 1. The summed E-state index contributed by atoms with van der Waals surface area (Å²) in [5.74, 6) is 0. The fourth-order valence-corrected chi connectivity index (χ4v) is 0.669. The second-order valence-corrected chi connectivity index (χ2v) is 2.33. The van der Waals surface area contributed by atoms with Crippen molar-refractivity contribution < 1.29 is 9.07 Å². The van der Waals surface area contributed by atoms with Crippen molar-refractivity contribution >= 4 is 12.4 Å². The molecule has 0 aromatic rings. The van der Waals surface area contributed by atoms with Gasteiger partial charge in [-0.25, -0.2) is 4.39 Å².